The summed E-state index contributed by atoms with van der Waals surface area (Å²) in [4.78, 5) is 13.1. The van der Waals surface area contributed by atoms with Crippen molar-refractivity contribution < 1.29 is 4.79 Å². The number of halogens is 2. The highest BCUT2D eigenvalue weighted by atomic mass is 79.9. The van der Waals surface area contributed by atoms with Crippen LogP contribution in [-0.4, -0.2) is 5.91 Å². The van der Waals surface area contributed by atoms with Crippen LogP contribution in [0, 0.1) is 6.92 Å². The lowest BCUT2D eigenvalue weighted by atomic mass is 10.1. The van der Waals surface area contributed by atoms with Gasteiger partial charge in [0.25, 0.3) is 5.91 Å². The first-order valence-corrected chi connectivity index (χ1v) is 7.33. The highest BCUT2D eigenvalue weighted by molar-refractivity contribution is 9.11. The highest BCUT2D eigenvalue weighted by Crippen LogP contribution is 2.22. The molecule has 0 spiro atoms. The molecule has 1 heterocycles. The van der Waals surface area contributed by atoms with Crippen molar-refractivity contribution in [2.24, 2.45) is 0 Å². The fourth-order valence-corrected chi connectivity index (χ4v) is 3.30. The summed E-state index contributed by atoms with van der Waals surface area (Å²) in [5.74, 6) is -0.106. The Kier molecular flexibility index (Phi) is 4.43. The maximum absolute atomic E-state index is 12.0. The Bertz CT molecular complexity index is 562. The SMILES string of the molecule is Cc1cc(Cl)cc(C(=O)NCc2ccc(Br)s2)c1. The average Bonchev–Trinajstić information content (AvgIpc) is 2.70. The van der Waals surface area contributed by atoms with Crippen LogP contribution in [0.3, 0.4) is 0 Å². The van der Waals surface area contributed by atoms with Gasteiger partial charge in [0.1, 0.15) is 0 Å². The second-order valence-electron chi connectivity index (χ2n) is 3.91. The second-order valence-corrected chi connectivity index (χ2v) is 6.89. The van der Waals surface area contributed by atoms with E-state index in [1.807, 2.05) is 31.2 Å². The Morgan fingerprint density at radius 2 is 2.17 bits per heavy atom. The van der Waals surface area contributed by atoms with Crippen molar-refractivity contribution in [1.82, 2.24) is 5.32 Å². The molecule has 0 fully saturated rings. The predicted molar refractivity (Wildman–Crippen MR) is 79.4 cm³/mol. The summed E-state index contributed by atoms with van der Waals surface area (Å²) in [7, 11) is 0. The van der Waals surface area contributed by atoms with E-state index < -0.39 is 0 Å². The number of hydrogen-bond donors (Lipinski definition) is 1. The van der Waals surface area contributed by atoms with E-state index in [0.29, 0.717) is 17.1 Å². The van der Waals surface area contributed by atoms with Crippen molar-refractivity contribution in [2.45, 2.75) is 13.5 Å². The number of amides is 1. The van der Waals surface area contributed by atoms with E-state index in [1.165, 1.54) is 0 Å². The van der Waals surface area contributed by atoms with Gasteiger partial charge in [-0.05, 0) is 58.7 Å². The molecule has 0 unspecified atom stereocenters. The van der Waals surface area contributed by atoms with Gasteiger partial charge in [0.15, 0.2) is 0 Å². The van der Waals surface area contributed by atoms with Crippen molar-refractivity contribution in [3.05, 3.63) is 55.1 Å². The van der Waals surface area contributed by atoms with Crippen LogP contribution in [0.4, 0.5) is 0 Å². The first kappa shape index (κ1) is 13.6. The van der Waals surface area contributed by atoms with Gasteiger partial charge in [-0.15, -0.1) is 11.3 Å². The molecule has 0 saturated heterocycles. The normalized spacial score (nSPS) is 10.4. The number of hydrogen-bond acceptors (Lipinski definition) is 2. The molecule has 0 bridgehead atoms. The van der Waals surface area contributed by atoms with Crippen LogP contribution in [-0.2, 0) is 6.54 Å². The number of carbonyl (C=O) groups excluding carboxylic acids is 1. The van der Waals surface area contributed by atoms with Gasteiger partial charge in [-0.2, -0.15) is 0 Å². The van der Waals surface area contributed by atoms with Gasteiger partial charge in [-0.3, -0.25) is 4.79 Å². The first-order chi connectivity index (χ1) is 8.54. The zero-order chi connectivity index (χ0) is 13.1. The highest BCUT2D eigenvalue weighted by Gasteiger charge is 2.07. The molecule has 94 valence electrons. The molecule has 1 amide bonds. The van der Waals surface area contributed by atoms with Gasteiger partial charge in [0, 0.05) is 15.5 Å². The van der Waals surface area contributed by atoms with E-state index in [2.05, 4.69) is 21.2 Å². The van der Waals surface area contributed by atoms with Gasteiger partial charge < -0.3 is 5.32 Å². The molecule has 0 saturated carbocycles. The van der Waals surface area contributed by atoms with Gasteiger partial charge in [0.2, 0.25) is 0 Å². The molecule has 0 aliphatic rings. The summed E-state index contributed by atoms with van der Waals surface area (Å²) in [5.41, 5.74) is 1.57. The largest absolute Gasteiger partial charge is 0.347 e. The van der Waals surface area contributed by atoms with Gasteiger partial charge in [-0.1, -0.05) is 11.6 Å². The van der Waals surface area contributed by atoms with Crippen molar-refractivity contribution in [2.75, 3.05) is 0 Å². The van der Waals surface area contributed by atoms with E-state index in [9.17, 15) is 4.79 Å². The fourth-order valence-electron chi connectivity index (χ4n) is 1.58. The molecular weight excluding hydrogens is 334 g/mol. The number of aryl methyl sites for hydroxylation is 1. The molecule has 0 aliphatic carbocycles. The number of carbonyl (C=O) groups is 1. The molecule has 1 aromatic heterocycles. The summed E-state index contributed by atoms with van der Waals surface area (Å²) in [6.07, 6.45) is 0. The third kappa shape index (κ3) is 3.57. The Balaban J connectivity index is 2.03. The van der Waals surface area contributed by atoms with Crippen molar-refractivity contribution in [3.63, 3.8) is 0 Å². The molecule has 2 nitrogen and oxygen atoms in total. The topological polar surface area (TPSA) is 29.1 Å². The summed E-state index contributed by atoms with van der Waals surface area (Å²) >= 11 is 10.9. The molecule has 0 aliphatic heterocycles. The van der Waals surface area contributed by atoms with Crippen LogP contribution in [0.1, 0.15) is 20.8 Å². The summed E-state index contributed by atoms with van der Waals surface area (Å²) < 4.78 is 1.06. The Hall–Kier alpha value is -0.840. The van der Waals surface area contributed by atoms with Gasteiger partial charge in [0.05, 0.1) is 10.3 Å². The van der Waals surface area contributed by atoms with E-state index in [4.69, 9.17) is 11.6 Å². The first-order valence-electron chi connectivity index (χ1n) is 5.34. The van der Waals surface area contributed by atoms with Crippen molar-refractivity contribution in [3.8, 4) is 0 Å². The number of rotatable bonds is 3. The van der Waals surface area contributed by atoms with Crippen LogP contribution in [0.5, 0.6) is 0 Å². The molecule has 2 aromatic rings. The third-order valence-corrected chi connectivity index (χ3v) is 4.20. The standard InChI is InChI=1S/C13H11BrClNOS/c1-8-4-9(6-10(15)5-8)13(17)16-7-11-2-3-12(14)18-11/h2-6H,7H2,1H3,(H,16,17). The smallest absolute Gasteiger partial charge is 0.251 e. The number of thiophene rings is 1. The number of nitrogens with one attached hydrogen (secondary N) is 1. The Morgan fingerprint density at radius 3 is 2.78 bits per heavy atom. The summed E-state index contributed by atoms with van der Waals surface area (Å²) in [6, 6.07) is 9.28. The summed E-state index contributed by atoms with van der Waals surface area (Å²) in [5, 5.41) is 3.46. The van der Waals surface area contributed by atoms with E-state index in [0.717, 1.165) is 14.2 Å². The average molecular weight is 345 g/mol. The minimum atomic E-state index is -0.106. The molecule has 18 heavy (non-hydrogen) atoms. The van der Waals surface area contributed by atoms with Crippen molar-refractivity contribution >= 4 is 44.8 Å². The van der Waals surface area contributed by atoms with Crippen molar-refractivity contribution in [1.29, 1.82) is 0 Å². The summed E-state index contributed by atoms with van der Waals surface area (Å²) in [6.45, 7) is 2.44. The zero-order valence-electron chi connectivity index (χ0n) is 9.67. The predicted octanol–water partition coefficient (Wildman–Crippen LogP) is 4.40. The minimum Gasteiger partial charge on any atom is -0.347 e. The van der Waals surface area contributed by atoms with Crippen LogP contribution < -0.4 is 5.32 Å². The lowest BCUT2D eigenvalue weighted by Crippen LogP contribution is -2.22. The quantitative estimate of drug-likeness (QED) is 0.878. The van der Waals surface area contributed by atoms with E-state index in [1.54, 1.807) is 17.4 Å². The van der Waals surface area contributed by atoms with E-state index >= 15 is 0 Å². The Labute approximate surface area is 123 Å². The maximum atomic E-state index is 12.0. The molecule has 0 radical (unpaired) electrons. The van der Waals surface area contributed by atoms with Crippen LogP contribution in [0.15, 0.2) is 34.1 Å². The molecule has 0 atom stereocenters. The zero-order valence-corrected chi connectivity index (χ0v) is 12.8. The van der Waals surface area contributed by atoms with Crippen LogP contribution >= 0.6 is 38.9 Å². The molecule has 5 heteroatoms. The Morgan fingerprint density at radius 1 is 1.39 bits per heavy atom. The van der Waals surface area contributed by atoms with Crippen LogP contribution in [0.2, 0.25) is 5.02 Å². The monoisotopic (exact) mass is 343 g/mol. The van der Waals surface area contributed by atoms with Gasteiger partial charge >= 0.3 is 0 Å². The molecular formula is C13H11BrClNOS. The van der Waals surface area contributed by atoms with E-state index in [-0.39, 0.29) is 5.91 Å². The second kappa shape index (κ2) is 5.87. The molecule has 2 rings (SSSR count). The van der Waals surface area contributed by atoms with Crippen LogP contribution in [0.25, 0.3) is 0 Å². The third-order valence-electron chi connectivity index (χ3n) is 2.36. The maximum Gasteiger partial charge on any atom is 0.251 e. The minimum absolute atomic E-state index is 0.106. The molecule has 1 aromatic carbocycles. The fraction of sp³-hybridized carbons (Fsp3) is 0.154. The lowest BCUT2D eigenvalue weighted by molar-refractivity contribution is 0.0951. The van der Waals surface area contributed by atoms with Gasteiger partial charge in [-0.25, -0.2) is 0 Å². The number of benzene rings is 1. The molecule has 1 N–H and O–H groups in total. The lowest BCUT2D eigenvalue weighted by Gasteiger charge is -2.05.